The summed E-state index contributed by atoms with van der Waals surface area (Å²) in [5.41, 5.74) is 0.929. The van der Waals surface area contributed by atoms with Crippen molar-refractivity contribution in [3.63, 3.8) is 0 Å². The monoisotopic (exact) mass is 330 g/mol. The third kappa shape index (κ3) is 3.67. The lowest BCUT2D eigenvalue weighted by Crippen LogP contribution is -2.50. The second kappa shape index (κ2) is 6.14. The van der Waals surface area contributed by atoms with Gasteiger partial charge in [-0.2, -0.15) is 0 Å². The number of rotatable bonds is 1. The molecule has 0 aliphatic carbocycles. The number of hydrogen-bond donors (Lipinski definition) is 1. The average Bonchev–Trinajstić information content (AvgIpc) is 2.53. The van der Waals surface area contributed by atoms with E-state index in [1.165, 1.54) is 6.07 Å². The molecule has 128 valence electrons. The van der Waals surface area contributed by atoms with Crippen molar-refractivity contribution in [3.8, 4) is 0 Å². The summed E-state index contributed by atoms with van der Waals surface area (Å²) in [6.07, 6.45) is 1.48. The van der Waals surface area contributed by atoms with Crippen LogP contribution in [0.5, 0.6) is 0 Å². The van der Waals surface area contributed by atoms with E-state index in [1.807, 2.05) is 26.8 Å². The first-order valence-electron chi connectivity index (χ1n) is 8.04. The summed E-state index contributed by atoms with van der Waals surface area (Å²) in [6, 6.07) is 5.26. The summed E-state index contributed by atoms with van der Waals surface area (Å²) in [6.45, 7) is 8.26. The van der Waals surface area contributed by atoms with Crippen LogP contribution in [0, 0.1) is 0 Å². The largest absolute Gasteiger partial charge is 0.444 e. The van der Waals surface area contributed by atoms with Crippen LogP contribution in [0.2, 0.25) is 0 Å². The van der Waals surface area contributed by atoms with Crippen LogP contribution in [0.15, 0.2) is 29.2 Å². The van der Waals surface area contributed by atoms with E-state index in [9.17, 15) is 9.59 Å². The van der Waals surface area contributed by atoms with Crippen LogP contribution < -0.4 is 10.5 Å². The number of nitrogens with zero attached hydrogens (tertiary/aromatic N) is 3. The smallest absolute Gasteiger partial charge is 0.410 e. The zero-order valence-corrected chi connectivity index (χ0v) is 14.2. The van der Waals surface area contributed by atoms with E-state index >= 15 is 0 Å². The number of anilines is 1. The van der Waals surface area contributed by atoms with Crippen LogP contribution >= 0.6 is 0 Å². The van der Waals surface area contributed by atoms with Crippen molar-refractivity contribution in [1.82, 2.24) is 14.9 Å². The fourth-order valence-electron chi connectivity index (χ4n) is 2.67. The van der Waals surface area contributed by atoms with Gasteiger partial charge in [-0.15, -0.1) is 0 Å². The van der Waals surface area contributed by atoms with Crippen LogP contribution in [0.3, 0.4) is 0 Å². The SMILES string of the molecule is CC(C)(C)OC(=O)N1CCN(c2cnc3[nH]c(=O)ccc3c2)CC1. The average molecular weight is 330 g/mol. The predicted molar refractivity (Wildman–Crippen MR) is 92.4 cm³/mol. The lowest BCUT2D eigenvalue weighted by Gasteiger charge is -2.36. The van der Waals surface area contributed by atoms with Crippen molar-refractivity contribution < 1.29 is 9.53 Å². The second-order valence-corrected chi connectivity index (χ2v) is 6.91. The molecule has 2 aromatic rings. The van der Waals surface area contributed by atoms with Gasteiger partial charge in [0.2, 0.25) is 5.56 Å². The number of hydrogen-bond acceptors (Lipinski definition) is 5. The molecule has 24 heavy (non-hydrogen) atoms. The molecule has 1 amide bonds. The maximum atomic E-state index is 12.1. The van der Waals surface area contributed by atoms with Crippen LogP contribution in [0.4, 0.5) is 10.5 Å². The van der Waals surface area contributed by atoms with Gasteiger partial charge in [0.1, 0.15) is 11.2 Å². The summed E-state index contributed by atoms with van der Waals surface area (Å²) in [4.78, 5) is 34.4. The molecular weight excluding hydrogens is 308 g/mol. The Balaban J connectivity index is 1.67. The zero-order chi connectivity index (χ0) is 17.3. The van der Waals surface area contributed by atoms with Crippen molar-refractivity contribution in [2.75, 3.05) is 31.1 Å². The van der Waals surface area contributed by atoms with Crippen molar-refractivity contribution in [1.29, 1.82) is 0 Å². The molecule has 0 radical (unpaired) electrons. The Morgan fingerprint density at radius 2 is 1.92 bits per heavy atom. The number of aromatic amines is 1. The molecule has 0 saturated carbocycles. The highest BCUT2D eigenvalue weighted by molar-refractivity contribution is 5.78. The van der Waals surface area contributed by atoms with Gasteiger partial charge in [0.05, 0.1) is 11.9 Å². The van der Waals surface area contributed by atoms with Gasteiger partial charge in [-0.25, -0.2) is 9.78 Å². The normalized spacial score (nSPS) is 15.6. The minimum absolute atomic E-state index is 0.159. The predicted octanol–water partition coefficient (Wildman–Crippen LogP) is 1.98. The summed E-state index contributed by atoms with van der Waals surface area (Å²) in [5.74, 6) is 0. The van der Waals surface area contributed by atoms with Crippen molar-refractivity contribution in [3.05, 3.63) is 34.7 Å². The van der Waals surface area contributed by atoms with Gasteiger partial charge in [-0.05, 0) is 32.9 Å². The molecule has 7 heteroatoms. The number of ether oxygens (including phenoxy) is 1. The number of pyridine rings is 2. The highest BCUT2D eigenvalue weighted by Gasteiger charge is 2.26. The third-order valence-corrected chi connectivity index (χ3v) is 3.86. The molecule has 1 aliphatic heterocycles. The number of amides is 1. The Labute approximate surface area is 140 Å². The number of piperazine rings is 1. The van der Waals surface area contributed by atoms with E-state index in [0.717, 1.165) is 24.2 Å². The van der Waals surface area contributed by atoms with Crippen molar-refractivity contribution >= 4 is 22.8 Å². The highest BCUT2D eigenvalue weighted by atomic mass is 16.6. The van der Waals surface area contributed by atoms with Gasteiger partial charge in [0.15, 0.2) is 0 Å². The Kier molecular flexibility index (Phi) is 4.17. The fraction of sp³-hybridized carbons (Fsp3) is 0.471. The summed E-state index contributed by atoms with van der Waals surface area (Å²) in [5, 5.41) is 0.890. The minimum atomic E-state index is -0.479. The number of H-pyrrole nitrogens is 1. The van der Waals surface area contributed by atoms with Crippen LogP contribution in [-0.4, -0.2) is 52.7 Å². The number of carbonyl (C=O) groups excluding carboxylic acids is 1. The molecule has 3 heterocycles. The molecule has 1 fully saturated rings. The number of carbonyl (C=O) groups is 1. The molecule has 0 spiro atoms. The standard InChI is InChI=1S/C17H22N4O3/c1-17(2,3)24-16(23)21-8-6-20(7-9-21)13-10-12-4-5-14(22)19-15(12)18-11-13/h4-5,10-11H,6-9H2,1-3H3,(H,18,19,22). The molecular formula is C17H22N4O3. The molecule has 0 atom stereocenters. The number of nitrogens with one attached hydrogen (secondary N) is 1. The second-order valence-electron chi connectivity index (χ2n) is 6.91. The van der Waals surface area contributed by atoms with Crippen LogP contribution in [0.25, 0.3) is 11.0 Å². The summed E-state index contributed by atoms with van der Waals surface area (Å²) < 4.78 is 5.41. The lowest BCUT2D eigenvalue weighted by molar-refractivity contribution is 0.0240. The Bertz CT molecular complexity index is 801. The fourth-order valence-corrected chi connectivity index (χ4v) is 2.67. The van der Waals surface area contributed by atoms with Crippen LogP contribution in [0.1, 0.15) is 20.8 Å². The molecule has 2 aromatic heterocycles. The zero-order valence-electron chi connectivity index (χ0n) is 14.2. The Morgan fingerprint density at radius 1 is 1.21 bits per heavy atom. The van der Waals surface area contributed by atoms with E-state index in [-0.39, 0.29) is 11.7 Å². The van der Waals surface area contributed by atoms with E-state index in [0.29, 0.717) is 18.7 Å². The van der Waals surface area contributed by atoms with E-state index < -0.39 is 5.60 Å². The first-order valence-corrected chi connectivity index (χ1v) is 8.04. The van der Waals surface area contributed by atoms with Gasteiger partial charge in [0.25, 0.3) is 0 Å². The number of aromatic nitrogens is 2. The maximum Gasteiger partial charge on any atom is 0.410 e. The van der Waals surface area contributed by atoms with Crippen molar-refractivity contribution in [2.45, 2.75) is 26.4 Å². The van der Waals surface area contributed by atoms with Crippen molar-refractivity contribution in [2.24, 2.45) is 0 Å². The van der Waals surface area contributed by atoms with Gasteiger partial charge in [-0.3, -0.25) is 4.79 Å². The van der Waals surface area contributed by atoms with E-state index in [1.54, 1.807) is 17.2 Å². The van der Waals surface area contributed by atoms with E-state index in [2.05, 4.69) is 14.9 Å². The quantitative estimate of drug-likeness (QED) is 0.865. The molecule has 0 aromatic carbocycles. The van der Waals surface area contributed by atoms with Gasteiger partial charge < -0.3 is 19.5 Å². The topological polar surface area (TPSA) is 78.5 Å². The molecule has 1 aliphatic rings. The molecule has 0 unspecified atom stereocenters. The third-order valence-electron chi connectivity index (χ3n) is 3.86. The molecule has 0 bridgehead atoms. The lowest BCUT2D eigenvalue weighted by atomic mass is 10.2. The minimum Gasteiger partial charge on any atom is -0.444 e. The number of fused-ring (bicyclic) bond motifs is 1. The molecule has 7 nitrogen and oxygen atoms in total. The van der Waals surface area contributed by atoms with Gasteiger partial charge >= 0.3 is 6.09 Å². The summed E-state index contributed by atoms with van der Waals surface area (Å²) >= 11 is 0. The Hall–Kier alpha value is -2.57. The highest BCUT2D eigenvalue weighted by Crippen LogP contribution is 2.20. The summed E-state index contributed by atoms with van der Waals surface area (Å²) in [7, 11) is 0. The first kappa shape index (κ1) is 16.3. The van der Waals surface area contributed by atoms with Gasteiger partial charge in [-0.1, -0.05) is 0 Å². The van der Waals surface area contributed by atoms with Crippen LogP contribution in [-0.2, 0) is 4.74 Å². The van der Waals surface area contributed by atoms with E-state index in [4.69, 9.17) is 4.74 Å². The molecule has 3 rings (SSSR count). The maximum absolute atomic E-state index is 12.1. The Morgan fingerprint density at radius 3 is 2.58 bits per heavy atom. The molecule has 1 saturated heterocycles. The first-order chi connectivity index (χ1) is 11.3. The van der Waals surface area contributed by atoms with Gasteiger partial charge in [0, 0.05) is 37.6 Å². The molecule has 1 N–H and O–H groups in total.